The maximum absolute atomic E-state index is 11.2. The van der Waals surface area contributed by atoms with Gasteiger partial charge in [0.05, 0.1) is 5.92 Å². The van der Waals surface area contributed by atoms with E-state index >= 15 is 0 Å². The number of fused-ring (bicyclic) bond motifs is 3. The lowest BCUT2D eigenvalue weighted by molar-refractivity contribution is -0.141. The van der Waals surface area contributed by atoms with E-state index < -0.39 is 5.97 Å². The van der Waals surface area contributed by atoms with Crippen LogP contribution in [0.1, 0.15) is 30.9 Å². The largest absolute Gasteiger partial charge is 0.481 e. The summed E-state index contributed by atoms with van der Waals surface area (Å²) in [5.41, 5.74) is 3.81. The minimum absolute atomic E-state index is 0.135. The van der Waals surface area contributed by atoms with Crippen molar-refractivity contribution in [3.8, 4) is 0 Å². The van der Waals surface area contributed by atoms with Crippen molar-refractivity contribution in [1.82, 2.24) is 9.88 Å². The fourth-order valence-electron chi connectivity index (χ4n) is 4.22. The topological polar surface area (TPSA) is 54.3 Å². The molecule has 0 amide bonds. The molecule has 1 saturated heterocycles. The highest BCUT2D eigenvalue weighted by Crippen LogP contribution is 2.37. The Kier molecular flexibility index (Phi) is 3.35. The van der Waals surface area contributed by atoms with Gasteiger partial charge in [-0.1, -0.05) is 24.3 Å². The van der Waals surface area contributed by atoms with E-state index in [2.05, 4.69) is 52.3 Å². The molecule has 0 spiro atoms. The van der Waals surface area contributed by atoms with E-state index in [1.807, 2.05) is 0 Å². The molecule has 25 heavy (non-hydrogen) atoms. The molecule has 2 atom stereocenters. The van der Waals surface area contributed by atoms with Crippen molar-refractivity contribution < 1.29 is 9.90 Å². The van der Waals surface area contributed by atoms with E-state index in [4.69, 9.17) is 0 Å². The molecular formula is C21H22N2O2. The number of nitrogens with one attached hydrogen (secondary N) is 1. The third kappa shape index (κ3) is 2.52. The predicted octanol–water partition coefficient (Wildman–Crippen LogP) is 3.94. The highest BCUT2D eigenvalue weighted by Gasteiger charge is 2.30. The molecule has 2 aromatic carbocycles. The smallest absolute Gasteiger partial charge is 0.307 e. The predicted molar refractivity (Wildman–Crippen MR) is 98.7 cm³/mol. The number of aliphatic carboxylic acids is 1. The van der Waals surface area contributed by atoms with Crippen molar-refractivity contribution in [1.29, 1.82) is 0 Å². The van der Waals surface area contributed by atoms with Gasteiger partial charge in [-0.05, 0) is 48.9 Å². The Morgan fingerprint density at radius 2 is 1.92 bits per heavy atom. The molecule has 2 N–H and O–H groups in total. The van der Waals surface area contributed by atoms with Gasteiger partial charge < -0.3 is 15.0 Å². The second kappa shape index (κ2) is 5.60. The quantitative estimate of drug-likeness (QED) is 0.760. The number of benzene rings is 2. The first-order valence-electron chi connectivity index (χ1n) is 9.18. The zero-order valence-electron chi connectivity index (χ0n) is 14.1. The number of carboxylic acids is 1. The van der Waals surface area contributed by atoms with Gasteiger partial charge in [0.1, 0.15) is 0 Å². The summed E-state index contributed by atoms with van der Waals surface area (Å²) in [4.78, 5) is 11.2. The van der Waals surface area contributed by atoms with E-state index in [1.54, 1.807) is 0 Å². The first-order chi connectivity index (χ1) is 12.2. The molecule has 2 heterocycles. The number of nitrogens with zero attached hydrogens (tertiary/aromatic N) is 1. The number of hydrogen-bond donors (Lipinski definition) is 2. The van der Waals surface area contributed by atoms with Crippen LogP contribution in [0, 0.1) is 11.8 Å². The lowest BCUT2D eigenvalue weighted by Gasteiger charge is -2.12. The van der Waals surface area contributed by atoms with Gasteiger partial charge >= 0.3 is 5.97 Å². The summed E-state index contributed by atoms with van der Waals surface area (Å²) in [5, 5.41) is 15.2. The number of carbonyl (C=O) groups is 1. The summed E-state index contributed by atoms with van der Waals surface area (Å²) in [5.74, 6) is -0.152. The van der Waals surface area contributed by atoms with E-state index in [1.165, 1.54) is 40.2 Å². The summed E-state index contributed by atoms with van der Waals surface area (Å²) < 4.78 is 2.47. The molecule has 128 valence electrons. The average Bonchev–Trinajstić information content (AvgIpc) is 3.21. The van der Waals surface area contributed by atoms with Gasteiger partial charge in [-0.3, -0.25) is 4.79 Å². The zero-order chi connectivity index (χ0) is 17.0. The molecule has 3 aromatic rings. The molecule has 1 aliphatic carbocycles. The number of rotatable bonds is 4. The van der Waals surface area contributed by atoms with Gasteiger partial charge in [0.2, 0.25) is 0 Å². The molecule has 0 radical (unpaired) electrons. The SMILES string of the molecule is O=C(O)C1CNC(c2ccc3c(c2)c2ccccc2n3CC2CC2)C1. The Labute approximate surface area is 146 Å². The molecule has 2 unspecified atom stereocenters. The Morgan fingerprint density at radius 3 is 2.68 bits per heavy atom. The summed E-state index contributed by atoms with van der Waals surface area (Å²) in [6.45, 7) is 1.66. The highest BCUT2D eigenvalue weighted by molar-refractivity contribution is 6.08. The van der Waals surface area contributed by atoms with Crippen molar-refractivity contribution >= 4 is 27.8 Å². The van der Waals surface area contributed by atoms with Gasteiger partial charge in [-0.15, -0.1) is 0 Å². The second-order valence-corrected chi connectivity index (χ2v) is 7.58. The molecule has 4 nitrogen and oxygen atoms in total. The third-order valence-corrected chi connectivity index (χ3v) is 5.82. The van der Waals surface area contributed by atoms with Crippen LogP contribution in [0.3, 0.4) is 0 Å². The van der Waals surface area contributed by atoms with Crippen molar-refractivity contribution in [3.05, 3.63) is 48.0 Å². The summed E-state index contributed by atoms with van der Waals surface area (Å²) in [6, 6.07) is 15.4. The van der Waals surface area contributed by atoms with Crippen LogP contribution < -0.4 is 5.32 Å². The van der Waals surface area contributed by atoms with Crippen LogP contribution in [0.25, 0.3) is 21.8 Å². The third-order valence-electron chi connectivity index (χ3n) is 5.82. The minimum Gasteiger partial charge on any atom is -0.481 e. The highest BCUT2D eigenvalue weighted by atomic mass is 16.4. The Balaban J connectivity index is 1.60. The van der Waals surface area contributed by atoms with Gasteiger partial charge in [0, 0.05) is 40.9 Å². The van der Waals surface area contributed by atoms with Crippen LogP contribution in [-0.4, -0.2) is 22.2 Å². The molecule has 2 aliphatic rings. The minimum atomic E-state index is -0.697. The monoisotopic (exact) mass is 334 g/mol. The Bertz CT molecular complexity index is 971. The Morgan fingerprint density at radius 1 is 1.12 bits per heavy atom. The van der Waals surface area contributed by atoms with Gasteiger partial charge in [-0.25, -0.2) is 0 Å². The first kappa shape index (κ1) is 15.0. The van der Waals surface area contributed by atoms with E-state index in [0.717, 1.165) is 12.5 Å². The summed E-state index contributed by atoms with van der Waals surface area (Å²) in [7, 11) is 0. The fraction of sp³-hybridized carbons (Fsp3) is 0.381. The lowest BCUT2D eigenvalue weighted by Crippen LogP contribution is -2.17. The molecule has 5 rings (SSSR count). The zero-order valence-corrected chi connectivity index (χ0v) is 14.1. The van der Waals surface area contributed by atoms with E-state index in [-0.39, 0.29) is 12.0 Å². The van der Waals surface area contributed by atoms with Gasteiger partial charge in [0.25, 0.3) is 0 Å². The number of carboxylic acid groups (broad SMARTS) is 1. The van der Waals surface area contributed by atoms with E-state index in [9.17, 15) is 9.90 Å². The number of hydrogen-bond acceptors (Lipinski definition) is 2. The van der Waals surface area contributed by atoms with Crippen molar-refractivity contribution in [2.45, 2.75) is 31.8 Å². The lowest BCUT2D eigenvalue weighted by atomic mass is 9.98. The standard InChI is InChI=1S/C21H22N2O2/c24-21(25)15-10-18(22-11-15)14-7-8-20-17(9-14)16-3-1-2-4-19(16)23(20)12-13-5-6-13/h1-4,7-9,13,15,18,22H,5-6,10-12H2,(H,24,25). The maximum Gasteiger partial charge on any atom is 0.307 e. The molecule has 0 bridgehead atoms. The fourth-order valence-corrected chi connectivity index (χ4v) is 4.22. The average molecular weight is 334 g/mol. The molecule has 2 fully saturated rings. The summed E-state index contributed by atoms with van der Waals surface area (Å²) >= 11 is 0. The van der Waals surface area contributed by atoms with Crippen LogP contribution in [0.2, 0.25) is 0 Å². The molecular weight excluding hydrogens is 312 g/mol. The van der Waals surface area contributed by atoms with Gasteiger partial charge in [-0.2, -0.15) is 0 Å². The molecule has 1 saturated carbocycles. The molecule has 1 aromatic heterocycles. The van der Waals surface area contributed by atoms with Crippen molar-refractivity contribution in [3.63, 3.8) is 0 Å². The normalized spacial score (nSPS) is 23.5. The summed E-state index contributed by atoms with van der Waals surface area (Å²) in [6.07, 6.45) is 3.35. The van der Waals surface area contributed by atoms with Crippen LogP contribution in [0.4, 0.5) is 0 Å². The van der Waals surface area contributed by atoms with E-state index in [0.29, 0.717) is 13.0 Å². The van der Waals surface area contributed by atoms with Crippen LogP contribution in [0.5, 0.6) is 0 Å². The van der Waals surface area contributed by atoms with Crippen LogP contribution in [0.15, 0.2) is 42.5 Å². The maximum atomic E-state index is 11.2. The first-order valence-corrected chi connectivity index (χ1v) is 9.18. The number of aromatic nitrogens is 1. The number of para-hydroxylation sites is 1. The Hall–Kier alpha value is -2.33. The molecule has 4 heteroatoms. The van der Waals surface area contributed by atoms with Crippen LogP contribution in [-0.2, 0) is 11.3 Å². The van der Waals surface area contributed by atoms with Crippen LogP contribution >= 0.6 is 0 Å². The second-order valence-electron chi connectivity index (χ2n) is 7.58. The van der Waals surface area contributed by atoms with Crippen molar-refractivity contribution in [2.75, 3.05) is 6.54 Å². The van der Waals surface area contributed by atoms with Gasteiger partial charge in [0.15, 0.2) is 0 Å². The van der Waals surface area contributed by atoms with Crippen molar-refractivity contribution in [2.24, 2.45) is 11.8 Å². The molecule has 1 aliphatic heterocycles.